The zero-order valence-corrected chi connectivity index (χ0v) is 25.5. The average molecular weight is 626 g/mol. The van der Waals surface area contributed by atoms with E-state index in [0.29, 0.717) is 54.4 Å². The number of rotatable bonds is 6. The number of piperidine rings is 1. The van der Waals surface area contributed by atoms with E-state index in [2.05, 4.69) is 10.4 Å². The lowest BCUT2D eigenvalue weighted by Crippen LogP contribution is -2.57. The molecule has 5 rings (SSSR count). The number of halogens is 2. The monoisotopic (exact) mass is 625 g/mol. The maximum atomic E-state index is 13.6. The Balaban J connectivity index is 1.40. The Bertz CT molecular complexity index is 1550. The van der Waals surface area contributed by atoms with E-state index < -0.39 is 18.6 Å². The van der Waals surface area contributed by atoms with Gasteiger partial charge in [-0.1, -0.05) is 19.1 Å². The molecule has 0 radical (unpaired) electrons. The lowest BCUT2D eigenvalue weighted by atomic mass is 10.0. The van der Waals surface area contributed by atoms with E-state index >= 15 is 0 Å². The molecule has 1 saturated heterocycles. The second-order valence-corrected chi connectivity index (χ2v) is 11.2. The van der Waals surface area contributed by atoms with Crippen LogP contribution in [0.5, 0.6) is 17.2 Å². The van der Waals surface area contributed by atoms with E-state index in [0.717, 1.165) is 5.56 Å². The molecule has 11 nitrogen and oxygen atoms in total. The molecule has 0 unspecified atom stereocenters. The highest BCUT2D eigenvalue weighted by Gasteiger charge is 2.34. The van der Waals surface area contributed by atoms with E-state index in [4.69, 9.17) is 14.2 Å². The Hall–Kier alpha value is -4.52. The quantitative estimate of drug-likeness (QED) is 0.439. The van der Waals surface area contributed by atoms with Crippen molar-refractivity contribution in [2.24, 2.45) is 0 Å². The lowest BCUT2D eigenvalue weighted by molar-refractivity contribution is -0.138. The largest absolute Gasteiger partial charge is 0.493 e. The molecular formula is C32H37F2N5O6. The summed E-state index contributed by atoms with van der Waals surface area (Å²) in [4.78, 5) is 43.2. The third-order valence-corrected chi connectivity index (χ3v) is 7.88. The predicted molar refractivity (Wildman–Crippen MR) is 159 cm³/mol. The fourth-order valence-corrected chi connectivity index (χ4v) is 5.56. The van der Waals surface area contributed by atoms with Gasteiger partial charge in [0, 0.05) is 30.9 Å². The molecule has 0 saturated carbocycles. The van der Waals surface area contributed by atoms with Gasteiger partial charge in [-0.15, -0.1) is 0 Å². The van der Waals surface area contributed by atoms with Gasteiger partial charge >= 0.3 is 0 Å². The molecule has 3 heterocycles. The first-order valence-corrected chi connectivity index (χ1v) is 14.9. The summed E-state index contributed by atoms with van der Waals surface area (Å²) in [7, 11) is 1.51. The van der Waals surface area contributed by atoms with E-state index in [9.17, 15) is 23.2 Å². The summed E-state index contributed by atoms with van der Waals surface area (Å²) in [6, 6.07) is 13.0. The zero-order chi connectivity index (χ0) is 32.1. The van der Waals surface area contributed by atoms with E-state index in [1.165, 1.54) is 22.8 Å². The van der Waals surface area contributed by atoms with Crippen molar-refractivity contribution in [3.63, 3.8) is 0 Å². The Morgan fingerprint density at radius 2 is 2.00 bits per heavy atom. The number of nitrogens with zero attached hydrogens (tertiary/aromatic N) is 4. The predicted octanol–water partition coefficient (Wildman–Crippen LogP) is 4.10. The van der Waals surface area contributed by atoms with Gasteiger partial charge in [0.05, 0.1) is 32.4 Å². The standard InChI is InChI=1S/C32H37F2N5O6/c1-4-11-38-17-29(40)35-24-10-12-37(30(41)18-39-20(2)13-25(36-39)31(33)34)16-28(24)44-19-21-6-5-7-23(14-21)45-27-15-22(32(38)42)8-9-26(27)43-3/h5-9,13-15,24,28,31H,4,10-12,16-19H2,1-3H3,(H,35,40)/t24-,28-/m0/s1. The smallest absolute Gasteiger partial charge is 0.282 e. The van der Waals surface area contributed by atoms with Gasteiger partial charge in [0.1, 0.15) is 18.0 Å². The van der Waals surface area contributed by atoms with E-state index in [1.54, 1.807) is 36.1 Å². The van der Waals surface area contributed by atoms with E-state index in [-0.39, 0.29) is 49.7 Å². The molecule has 4 bridgehead atoms. The van der Waals surface area contributed by atoms with Gasteiger partial charge in [-0.25, -0.2) is 8.78 Å². The number of aromatic nitrogens is 2. The van der Waals surface area contributed by atoms with Crippen molar-refractivity contribution in [2.45, 2.75) is 58.4 Å². The molecule has 2 atom stereocenters. The Morgan fingerprint density at radius 1 is 1.18 bits per heavy atom. The molecule has 13 heteroatoms. The van der Waals surface area contributed by atoms with Crippen molar-refractivity contribution >= 4 is 17.7 Å². The van der Waals surface area contributed by atoms with Crippen LogP contribution in [-0.2, 0) is 27.5 Å². The highest BCUT2D eigenvalue weighted by atomic mass is 19.3. The summed E-state index contributed by atoms with van der Waals surface area (Å²) in [5.74, 6) is 0.342. The highest BCUT2D eigenvalue weighted by Crippen LogP contribution is 2.33. The van der Waals surface area contributed by atoms with Crippen molar-refractivity contribution in [3.8, 4) is 17.2 Å². The third kappa shape index (κ3) is 7.59. The summed E-state index contributed by atoms with van der Waals surface area (Å²) in [6.45, 7) is 4.21. The summed E-state index contributed by atoms with van der Waals surface area (Å²) in [5, 5.41) is 6.91. The molecular weight excluding hydrogens is 588 g/mol. The number of alkyl halides is 2. The summed E-state index contributed by atoms with van der Waals surface area (Å²) in [5.41, 5.74) is 1.23. The minimum atomic E-state index is -2.73. The van der Waals surface area contributed by atoms with Gasteiger partial charge in [-0.3, -0.25) is 19.1 Å². The number of carbonyl (C=O) groups excluding carboxylic acids is 3. The number of carbonyl (C=O) groups is 3. The molecule has 0 aliphatic carbocycles. The van der Waals surface area contributed by atoms with Crippen LogP contribution in [0.3, 0.4) is 0 Å². The van der Waals surface area contributed by atoms with Crippen molar-refractivity contribution in [2.75, 3.05) is 33.3 Å². The van der Waals surface area contributed by atoms with Crippen molar-refractivity contribution < 1.29 is 37.4 Å². The first kappa shape index (κ1) is 31.9. The fourth-order valence-electron chi connectivity index (χ4n) is 5.56. The number of aryl methyl sites for hydroxylation is 1. The van der Waals surface area contributed by atoms with Crippen LogP contribution in [0.15, 0.2) is 48.5 Å². The molecule has 0 spiro atoms. The minimum absolute atomic E-state index is 0.162. The van der Waals surface area contributed by atoms with Crippen LogP contribution in [0.25, 0.3) is 0 Å². The number of benzene rings is 2. The number of hydrogen-bond acceptors (Lipinski definition) is 7. The number of ether oxygens (including phenoxy) is 3. The van der Waals surface area contributed by atoms with Crippen LogP contribution in [-0.4, -0.2) is 82.7 Å². The maximum absolute atomic E-state index is 13.6. The van der Waals surface area contributed by atoms with Gasteiger partial charge in [-0.05, 0) is 61.7 Å². The Kier molecular flexibility index (Phi) is 9.96. The van der Waals surface area contributed by atoms with Gasteiger partial charge in [0.2, 0.25) is 11.8 Å². The Morgan fingerprint density at radius 3 is 2.73 bits per heavy atom. The van der Waals surface area contributed by atoms with Crippen LogP contribution < -0.4 is 14.8 Å². The number of fused-ring (bicyclic) bond motifs is 5. The molecule has 1 fully saturated rings. The summed E-state index contributed by atoms with van der Waals surface area (Å²) in [6.07, 6.45) is -2.27. The molecule has 45 heavy (non-hydrogen) atoms. The maximum Gasteiger partial charge on any atom is 0.282 e. The number of hydrogen-bond donors (Lipinski definition) is 1. The van der Waals surface area contributed by atoms with Crippen molar-refractivity contribution in [1.82, 2.24) is 24.9 Å². The van der Waals surface area contributed by atoms with Crippen LogP contribution in [0, 0.1) is 6.92 Å². The SMILES string of the molecule is CCCN1CC(=O)N[C@H]2CCN(C(=O)Cn3nc(C(F)F)cc3C)C[C@@H]2OCc2cccc(c2)Oc2cc(ccc2OC)C1=O. The normalized spacial score (nSPS) is 19.2. The molecule has 1 aromatic heterocycles. The van der Waals surface area contributed by atoms with E-state index in [1.807, 2.05) is 25.1 Å². The summed E-state index contributed by atoms with van der Waals surface area (Å²) >= 11 is 0. The molecule has 240 valence electrons. The second kappa shape index (κ2) is 14.1. The number of likely N-dealkylation sites (tertiary alicyclic amines) is 1. The number of methoxy groups -OCH3 is 1. The van der Waals surface area contributed by atoms with Gasteiger partial charge in [0.25, 0.3) is 12.3 Å². The molecule has 3 aromatic rings. The average Bonchev–Trinajstić information content (AvgIpc) is 3.39. The van der Waals surface area contributed by atoms with Gasteiger partial charge < -0.3 is 29.3 Å². The minimum Gasteiger partial charge on any atom is -0.493 e. The second-order valence-electron chi connectivity index (χ2n) is 11.2. The fraction of sp³-hybridized carbons (Fsp3) is 0.438. The molecule has 2 aromatic carbocycles. The van der Waals surface area contributed by atoms with Crippen LogP contribution in [0.1, 0.15) is 53.5 Å². The first-order chi connectivity index (χ1) is 21.6. The van der Waals surface area contributed by atoms with Gasteiger partial charge in [-0.2, -0.15) is 5.10 Å². The van der Waals surface area contributed by atoms with Crippen molar-refractivity contribution in [1.29, 1.82) is 0 Å². The van der Waals surface area contributed by atoms with Crippen LogP contribution in [0.4, 0.5) is 8.78 Å². The summed E-state index contributed by atoms with van der Waals surface area (Å²) < 4.78 is 45.5. The first-order valence-electron chi connectivity index (χ1n) is 14.9. The van der Waals surface area contributed by atoms with Gasteiger partial charge in [0.15, 0.2) is 11.5 Å². The zero-order valence-electron chi connectivity index (χ0n) is 25.5. The molecule has 2 aliphatic rings. The highest BCUT2D eigenvalue weighted by molar-refractivity contribution is 5.97. The number of amides is 3. The third-order valence-electron chi connectivity index (χ3n) is 7.88. The Labute approximate surface area is 260 Å². The van der Waals surface area contributed by atoms with Crippen molar-refractivity contribution in [3.05, 3.63) is 71.0 Å². The van der Waals surface area contributed by atoms with Crippen LogP contribution in [0.2, 0.25) is 0 Å². The molecule has 3 amide bonds. The topological polar surface area (TPSA) is 115 Å². The van der Waals surface area contributed by atoms with Crippen LogP contribution >= 0.6 is 0 Å². The lowest BCUT2D eigenvalue weighted by Gasteiger charge is -2.39. The molecule has 2 aliphatic heterocycles. The molecule has 1 N–H and O–H groups in total. The number of nitrogens with one attached hydrogen (secondary N) is 1.